The molecule has 0 bridgehead atoms. The minimum atomic E-state index is -0.644. The molecule has 1 aliphatic heterocycles. The first-order valence-corrected chi connectivity index (χ1v) is 9.26. The van der Waals surface area contributed by atoms with Gasteiger partial charge in [-0.15, -0.1) is 0 Å². The molecule has 4 unspecified atom stereocenters. The molecule has 3 nitrogen and oxygen atoms in total. The number of hydrogen-bond acceptors (Lipinski definition) is 3. The zero-order valence-electron chi connectivity index (χ0n) is 13.7. The van der Waals surface area contributed by atoms with Gasteiger partial charge in [0.05, 0.1) is 6.10 Å². The molecule has 2 saturated carbocycles. The van der Waals surface area contributed by atoms with E-state index in [1.54, 1.807) is 0 Å². The SMILES string of the molecule is CC1OCCC1(O)CNC1CCCCC1C1CCCCC1. The standard InChI is InChI=1S/C18H33NO2/c1-14-18(20,11-12-21-14)13-19-17-10-6-5-9-16(17)15-7-3-2-4-8-15/h14-17,19-20H,2-13H2,1H3. The molecule has 2 N–H and O–H groups in total. The van der Waals surface area contributed by atoms with Crippen molar-refractivity contribution in [3.05, 3.63) is 0 Å². The molecule has 3 heteroatoms. The van der Waals surface area contributed by atoms with E-state index in [0.29, 0.717) is 19.2 Å². The van der Waals surface area contributed by atoms with Crippen LogP contribution in [0.4, 0.5) is 0 Å². The van der Waals surface area contributed by atoms with E-state index < -0.39 is 5.60 Å². The second kappa shape index (κ2) is 6.97. The van der Waals surface area contributed by atoms with Crippen LogP contribution < -0.4 is 5.32 Å². The quantitative estimate of drug-likeness (QED) is 0.836. The van der Waals surface area contributed by atoms with Crippen LogP contribution in [0.5, 0.6) is 0 Å². The Bertz CT molecular complexity index is 329. The lowest BCUT2D eigenvalue weighted by molar-refractivity contribution is -0.0307. The van der Waals surface area contributed by atoms with Crippen molar-refractivity contribution in [2.75, 3.05) is 13.2 Å². The summed E-state index contributed by atoms with van der Waals surface area (Å²) in [6.07, 6.45) is 13.4. The first-order valence-electron chi connectivity index (χ1n) is 9.26. The van der Waals surface area contributed by atoms with Gasteiger partial charge in [-0.2, -0.15) is 0 Å². The summed E-state index contributed by atoms with van der Waals surface area (Å²) in [7, 11) is 0. The molecule has 21 heavy (non-hydrogen) atoms. The number of ether oxygens (including phenoxy) is 1. The topological polar surface area (TPSA) is 41.5 Å². The van der Waals surface area contributed by atoms with E-state index in [4.69, 9.17) is 4.74 Å². The summed E-state index contributed by atoms with van der Waals surface area (Å²) in [6, 6.07) is 0.624. The lowest BCUT2D eigenvalue weighted by Crippen LogP contribution is -2.52. The van der Waals surface area contributed by atoms with E-state index in [1.165, 1.54) is 57.8 Å². The molecule has 1 heterocycles. The number of nitrogens with one attached hydrogen (secondary N) is 1. The van der Waals surface area contributed by atoms with Gasteiger partial charge in [-0.1, -0.05) is 44.9 Å². The van der Waals surface area contributed by atoms with Gasteiger partial charge in [-0.25, -0.2) is 0 Å². The third kappa shape index (κ3) is 3.62. The van der Waals surface area contributed by atoms with Crippen molar-refractivity contribution in [1.29, 1.82) is 0 Å². The van der Waals surface area contributed by atoms with E-state index >= 15 is 0 Å². The van der Waals surface area contributed by atoms with E-state index in [2.05, 4.69) is 5.32 Å². The van der Waals surface area contributed by atoms with Gasteiger partial charge in [-0.05, 0) is 31.6 Å². The predicted molar refractivity (Wildman–Crippen MR) is 85.3 cm³/mol. The Balaban J connectivity index is 1.56. The van der Waals surface area contributed by atoms with Crippen LogP contribution in [-0.2, 0) is 4.74 Å². The minimum Gasteiger partial charge on any atom is -0.386 e. The molecule has 3 aliphatic rings. The molecule has 2 aliphatic carbocycles. The van der Waals surface area contributed by atoms with Gasteiger partial charge in [0.25, 0.3) is 0 Å². The van der Waals surface area contributed by atoms with Gasteiger partial charge in [-0.3, -0.25) is 0 Å². The maximum absolute atomic E-state index is 10.7. The van der Waals surface area contributed by atoms with Crippen LogP contribution in [0.15, 0.2) is 0 Å². The first kappa shape index (κ1) is 15.8. The van der Waals surface area contributed by atoms with E-state index in [1.807, 2.05) is 6.92 Å². The summed E-state index contributed by atoms with van der Waals surface area (Å²) < 4.78 is 5.56. The predicted octanol–water partition coefficient (Wildman–Crippen LogP) is 3.26. The lowest BCUT2D eigenvalue weighted by Gasteiger charge is -2.41. The Morgan fingerprint density at radius 1 is 1.05 bits per heavy atom. The molecule has 4 atom stereocenters. The average molecular weight is 295 g/mol. The largest absolute Gasteiger partial charge is 0.386 e. The molecular weight excluding hydrogens is 262 g/mol. The fourth-order valence-electron chi connectivity index (χ4n) is 4.85. The molecule has 0 aromatic carbocycles. The van der Waals surface area contributed by atoms with Crippen LogP contribution in [0, 0.1) is 11.8 Å². The Kier molecular flexibility index (Phi) is 5.23. The fraction of sp³-hybridized carbons (Fsp3) is 1.00. The molecule has 0 spiro atoms. The van der Waals surface area contributed by atoms with Gasteiger partial charge in [0.2, 0.25) is 0 Å². The number of hydrogen-bond donors (Lipinski definition) is 2. The molecule has 0 amide bonds. The molecule has 1 saturated heterocycles. The van der Waals surface area contributed by atoms with Gasteiger partial charge < -0.3 is 15.2 Å². The average Bonchev–Trinajstić information content (AvgIpc) is 2.86. The summed E-state index contributed by atoms with van der Waals surface area (Å²) >= 11 is 0. The molecule has 3 fully saturated rings. The highest BCUT2D eigenvalue weighted by atomic mass is 16.5. The summed E-state index contributed by atoms with van der Waals surface area (Å²) in [4.78, 5) is 0. The third-order valence-corrected chi connectivity index (χ3v) is 6.40. The van der Waals surface area contributed by atoms with Crippen molar-refractivity contribution < 1.29 is 9.84 Å². The zero-order chi connectivity index (χ0) is 14.7. The van der Waals surface area contributed by atoms with Crippen molar-refractivity contribution in [3.8, 4) is 0 Å². The van der Waals surface area contributed by atoms with Crippen molar-refractivity contribution in [1.82, 2.24) is 5.32 Å². The summed E-state index contributed by atoms with van der Waals surface area (Å²) in [5.74, 6) is 1.78. The molecule has 0 aromatic heterocycles. The van der Waals surface area contributed by atoms with Crippen LogP contribution in [-0.4, -0.2) is 36.0 Å². The molecule has 122 valence electrons. The zero-order valence-corrected chi connectivity index (χ0v) is 13.7. The third-order valence-electron chi connectivity index (χ3n) is 6.40. The Labute approximate surface area is 129 Å². The van der Waals surface area contributed by atoms with Crippen LogP contribution in [0.1, 0.15) is 71.1 Å². The monoisotopic (exact) mass is 295 g/mol. The Morgan fingerprint density at radius 2 is 1.76 bits per heavy atom. The smallest absolute Gasteiger partial charge is 0.105 e. The molecule has 0 radical (unpaired) electrons. The second-order valence-corrected chi connectivity index (χ2v) is 7.70. The Hall–Kier alpha value is -0.120. The number of rotatable bonds is 4. The maximum Gasteiger partial charge on any atom is 0.105 e. The Morgan fingerprint density at radius 3 is 2.48 bits per heavy atom. The lowest BCUT2D eigenvalue weighted by atomic mass is 9.71. The van der Waals surface area contributed by atoms with Gasteiger partial charge in [0.1, 0.15) is 5.60 Å². The van der Waals surface area contributed by atoms with Gasteiger partial charge >= 0.3 is 0 Å². The molecule has 0 aromatic rings. The van der Waals surface area contributed by atoms with Crippen molar-refractivity contribution >= 4 is 0 Å². The summed E-state index contributed by atoms with van der Waals surface area (Å²) in [6.45, 7) is 3.42. The summed E-state index contributed by atoms with van der Waals surface area (Å²) in [5.41, 5.74) is -0.644. The maximum atomic E-state index is 10.7. The molecule has 3 rings (SSSR count). The van der Waals surface area contributed by atoms with Gasteiger partial charge in [0.15, 0.2) is 0 Å². The normalized spacial score (nSPS) is 42.3. The van der Waals surface area contributed by atoms with Gasteiger partial charge in [0, 0.05) is 25.6 Å². The summed E-state index contributed by atoms with van der Waals surface area (Å²) in [5, 5.41) is 14.5. The second-order valence-electron chi connectivity index (χ2n) is 7.70. The highest BCUT2D eigenvalue weighted by Gasteiger charge is 2.41. The highest BCUT2D eigenvalue weighted by Crippen LogP contribution is 2.38. The van der Waals surface area contributed by atoms with E-state index in [-0.39, 0.29) is 6.10 Å². The van der Waals surface area contributed by atoms with Crippen molar-refractivity contribution in [3.63, 3.8) is 0 Å². The van der Waals surface area contributed by atoms with Crippen LogP contribution in [0.25, 0.3) is 0 Å². The van der Waals surface area contributed by atoms with E-state index in [9.17, 15) is 5.11 Å². The van der Waals surface area contributed by atoms with Crippen LogP contribution in [0.2, 0.25) is 0 Å². The minimum absolute atomic E-state index is 0.0262. The molecular formula is C18H33NO2. The number of aliphatic hydroxyl groups is 1. The van der Waals surface area contributed by atoms with E-state index in [0.717, 1.165) is 18.3 Å². The van der Waals surface area contributed by atoms with Crippen LogP contribution >= 0.6 is 0 Å². The van der Waals surface area contributed by atoms with Crippen molar-refractivity contribution in [2.24, 2.45) is 11.8 Å². The highest BCUT2D eigenvalue weighted by molar-refractivity contribution is 4.94. The first-order chi connectivity index (χ1) is 10.2. The van der Waals surface area contributed by atoms with Crippen LogP contribution in [0.3, 0.4) is 0 Å². The van der Waals surface area contributed by atoms with Crippen molar-refractivity contribution in [2.45, 2.75) is 88.9 Å². The fourth-order valence-corrected chi connectivity index (χ4v) is 4.85.